The molecule has 0 aliphatic carbocycles. The van der Waals surface area contributed by atoms with Gasteiger partial charge in [-0.2, -0.15) is 5.10 Å². The fraction of sp³-hybridized carbons (Fsp3) is 0.0526. The molecule has 0 radical (unpaired) electrons. The maximum absolute atomic E-state index is 11.5. The van der Waals surface area contributed by atoms with Crippen molar-refractivity contribution in [2.45, 2.75) is 6.92 Å². The van der Waals surface area contributed by atoms with Gasteiger partial charge in [0.2, 0.25) is 0 Å². The minimum atomic E-state index is 0.0266. The highest BCUT2D eigenvalue weighted by molar-refractivity contribution is 7.71. The minimum absolute atomic E-state index is 0.0266. The van der Waals surface area contributed by atoms with Crippen molar-refractivity contribution in [3.8, 4) is 17.2 Å². The first-order chi connectivity index (χ1) is 12.1. The minimum Gasteiger partial charge on any atom is -0.295 e. The molecule has 2 aromatic carbocycles. The molecule has 0 atom stereocenters. The number of nitrogens with one attached hydrogen (secondary N) is 1. The van der Waals surface area contributed by atoms with Gasteiger partial charge in [0.05, 0.1) is 11.2 Å². The maximum Gasteiger partial charge on any atom is 0.200 e. The van der Waals surface area contributed by atoms with Crippen LogP contribution >= 0.6 is 12.2 Å². The van der Waals surface area contributed by atoms with E-state index in [1.54, 1.807) is 19.1 Å². The van der Waals surface area contributed by atoms with Crippen LogP contribution in [-0.4, -0.2) is 25.5 Å². The standard InChI is InChI=1S/C19H14N4OS/c1-12(24)13-6-9-15(10-7-13)23-18(21-22-19(23)25)17-11-8-14-4-2-3-5-16(14)20-17/h2-11H,1H3,(H,22,25). The van der Waals surface area contributed by atoms with Gasteiger partial charge in [-0.1, -0.05) is 24.3 Å². The average molecular weight is 346 g/mol. The molecule has 2 heterocycles. The summed E-state index contributed by atoms with van der Waals surface area (Å²) in [5.41, 5.74) is 3.10. The zero-order chi connectivity index (χ0) is 17.4. The molecule has 0 spiro atoms. The van der Waals surface area contributed by atoms with Crippen molar-refractivity contribution in [1.29, 1.82) is 0 Å². The van der Waals surface area contributed by atoms with Crippen LogP contribution in [0.25, 0.3) is 28.1 Å². The van der Waals surface area contributed by atoms with Crippen molar-refractivity contribution >= 4 is 28.9 Å². The number of rotatable bonds is 3. The molecule has 0 saturated carbocycles. The van der Waals surface area contributed by atoms with Crippen LogP contribution in [0, 0.1) is 4.77 Å². The molecule has 1 N–H and O–H groups in total. The predicted molar refractivity (Wildman–Crippen MR) is 99.5 cm³/mol. The Kier molecular flexibility index (Phi) is 3.74. The van der Waals surface area contributed by atoms with Gasteiger partial charge in [0.1, 0.15) is 5.69 Å². The molecule has 122 valence electrons. The summed E-state index contributed by atoms with van der Waals surface area (Å²) in [4.78, 5) is 16.2. The van der Waals surface area contributed by atoms with Crippen molar-refractivity contribution in [3.05, 3.63) is 71.0 Å². The van der Waals surface area contributed by atoms with Gasteiger partial charge in [-0.15, -0.1) is 0 Å². The van der Waals surface area contributed by atoms with Crippen LogP contribution in [-0.2, 0) is 0 Å². The molecule has 0 saturated heterocycles. The number of Topliss-reactive ketones (excluding diaryl/α,β-unsaturated/α-hetero) is 1. The van der Waals surface area contributed by atoms with E-state index < -0.39 is 0 Å². The highest BCUT2D eigenvalue weighted by atomic mass is 32.1. The molecule has 0 bridgehead atoms. The van der Waals surface area contributed by atoms with Crippen LogP contribution < -0.4 is 0 Å². The summed E-state index contributed by atoms with van der Waals surface area (Å²) in [5.74, 6) is 0.657. The number of hydrogen-bond acceptors (Lipinski definition) is 4. The molecule has 0 unspecified atom stereocenters. The van der Waals surface area contributed by atoms with E-state index in [0.29, 0.717) is 16.2 Å². The number of carbonyl (C=O) groups is 1. The number of aromatic nitrogens is 4. The van der Waals surface area contributed by atoms with Crippen LogP contribution in [0.5, 0.6) is 0 Å². The van der Waals surface area contributed by atoms with Gasteiger partial charge in [-0.3, -0.25) is 14.5 Å². The summed E-state index contributed by atoms with van der Waals surface area (Å²) >= 11 is 5.39. The van der Waals surface area contributed by atoms with E-state index in [-0.39, 0.29) is 5.78 Å². The molecule has 0 aliphatic rings. The molecular weight excluding hydrogens is 332 g/mol. The fourth-order valence-electron chi connectivity index (χ4n) is 2.74. The van der Waals surface area contributed by atoms with Crippen molar-refractivity contribution in [2.24, 2.45) is 0 Å². The zero-order valence-electron chi connectivity index (χ0n) is 13.4. The molecule has 4 rings (SSSR count). The molecule has 0 fully saturated rings. The number of carbonyl (C=O) groups excluding carboxylic acids is 1. The zero-order valence-corrected chi connectivity index (χ0v) is 14.2. The Morgan fingerprint density at radius 3 is 2.56 bits per heavy atom. The third-order valence-electron chi connectivity index (χ3n) is 4.03. The Labute approximate surface area is 149 Å². The second kappa shape index (κ2) is 6.07. The number of pyridine rings is 1. The number of aromatic amines is 1. The predicted octanol–water partition coefficient (Wildman–Crippen LogP) is 4.35. The lowest BCUT2D eigenvalue weighted by molar-refractivity contribution is 0.101. The smallest absolute Gasteiger partial charge is 0.200 e. The number of hydrogen-bond donors (Lipinski definition) is 1. The third-order valence-corrected chi connectivity index (χ3v) is 4.31. The lowest BCUT2D eigenvalue weighted by Crippen LogP contribution is -2.00. The first-order valence-electron chi connectivity index (χ1n) is 7.78. The van der Waals surface area contributed by atoms with E-state index in [1.807, 2.05) is 53.1 Å². The molecule has 0 aliphatic heterocycles. The number of para-hydroxylation sites is 1. The number of ketones is 1. The highest BCUT2D eigenvalue weighted by Crippen LogP contribution is 2.23. The summed E-state index contributed by atoms with van der Waals surface area (Å²) in [7, 11) is 0. The SMILES string of the molecule is CC(=O)c1ccc(-n2c(-c3ccc4ccccc4n3)n[nH]c2=S)cc1. The normalized spacial score (nSPS) is 10.9. The second-order valence-electron chi connectivity index (χ2n) is 5.68. The van der Waals surface area contributed by atoms with Crippen molar-refractivity contribution in [3.63, 3.8) is 0 Å². The molecule has 0 amide bonds. The van der Waals surface area contributed by atoms with E-state index >= 15 is 0 Å². The molecule has 5 nitrogen and oxygen atoms in total. The Bertz CT molecular complexity index is 1140. The lowest BCUT2D eigenvalue weighted by Gasteiger charge is -2.08. The molecule has 25 heavy (non-hydrogen) atoms. The van der Waals surface area contributed by atoms with Gasteiger partial charge >= 0.3 is 0 Å². The van der Waals surface area contributed by atoms with Gasteiger partial charge in [-0.25, -0.2) is 4.98 Å². The summed E-state index contributed by atoms with van der Waals surface area (Å²) < 4.78 is 2.29. The van der Waals surface area contributed by atoms with E-state index in [2.05, 4.69) is 15.2 Å². The highest BCUT2D eigenvalue weighted by Gasteiger charge is 2.13. The fourth-order valence-corrected chi connectivity index (χ4v) is 2.98. The van der Waals surface area contributed by atoms with Crippen LogP contribution in [0.2, 0.25) is 0 Å². The topological polar surface area (TPSA) is 63.6 Å². The molecule has 6 heteroatoms. The number of H-pyrrole nitrogens is 1. The number of fused-ring (bicyclic) bond motifs is 1. The third kappa shape index (κ3) is 2.77. The van der Waals surface area contributed by atoms with Crippen LogP contribution in [0.4, 0.5) is 0 Å². The van der Waals surface area contributed by atoms with Crippen LogP contribution in [0.1, 0.15) is 17.3 Å². The van der Waals surface area contributed by atoms with E-state index in [4.69, 9.17) is 12.2 Å². The van der Waals surface area contributed by atoms with Gasteiger partial charge in [0.25, 0.3) is 0 Å². The number of nitrogens with zero attached hydrogens (tertiary/aromatic N) is 3. The average Bonchev–Trinajstić information content (AvgIpc) is 3.03. The maximum atomic E-state index is 11.5. The van der Waals surface area contributed by atoms with Crippen LogP contribution in [0.3, 0.4) is 0 Å². The van der Waals surface area contributed by atoms with Crippen molar-refractivity contribution in [1.82, 2.24) is 19.7 Å². The van der Waals surface area contributed by atoms with Gasteiger partial charge in [0, 0.05) is 10.9 Å². The first-order valence-corrected chi connectivity index (χ1v) is 8.19. The second-order valence-corrected chi connectivity index (χ2v) is 6.07. The largest absolute Gasteiger partial charge is 0.295 e. The van der Waals surface area contributed by atoms with Gasteiger partial charge in [0.15, 0.2) is 16.4 Å². The quantitative estimate of drug-likeness (QED) is 0.442. The monoisotopic (exact) mass is 346 g/mol. The number of benzene rings is 2. The summed E-state index contributed by atoms with van der Waals surface area (Å²) in [6.45, 7) is 1.54. The lowest BCUT2D eigenvalue weighted by atomic mass is 10.1. The molecular formula is C19H14N4OS. The Hall–Kier alpha value is -3.12. The summed E-state index contributed by atoms with van der Waals surface area (Å²) in [6.07, 6.45) is 0. The van der Waals surface area contributed by atoms with Gasteiger partial charge < -0.3 is 0 Å². The van der Waals surface area contributed by atoms with E-state index in [9.17, 15) is 4.79 Å². The summed E-state index contributed by atoms with van der Waals surface area (Å²) in [5, 5.41) is 8.24. The van der Waals surface area contributed by atoms with E-state index in [1.165, 1.54) is 0 Å². The summed E-state index contributed by atoms with van der Waals surface area (Å²) in [6, 6.07) is 19.1. The van der Waals surface area contributed by atoms with Crippen molar-refractivity contribution in [2.75, 3.05) is 0 Å². The van der Waals surface area contributed by atoms with Gasteiger partial charge in [-0.05, 0) is 55.5 Å². The Morgan fingerprint density at radius 1 is 1.04 bits per heavy atom. The molecule has 2 aromatic heterocycles. The van der Waals surface area contributed by atoms with Crippen LogP contribution in [0.15, 0.2) is 60.7 Å². The van der Waals surface area contributed by atoms with E-state index in [0.717, 1.165) is 22.3 Å². The van der Waals surface area contributed by atoms with Crippen molar-refractivity contribution < 1.29 is 4.79 Å². The first kappa shape index (κ1) is 15.4. The molecule has 4 aromatic rings. The Morgan fingerprint density at radius 2 is 1.80 bits per heavy atom. The Balaban J connectivity index is 1.86.